The average Bonchev–Trinajstić information content (AvgIpc) is 2.79. The zero-order valence-corrected chi connectivity index (χ0v) is 19.0. The Kier molecular flexibility index (Phi) is 7.40. The van der Waals surface area contributed by atoms with Crippen molar-refractivity contribution in [3.63, 3.8) is 0 Å². The van der Waals surface area contributed by atoms with E-state index in [0.29, 0.717) is 31.8 Å². The van der Waals surface area contributed by atoms with Gasteiger partial charge in [0.25, 0.3) is 10.0 Å². The molecule has 1 heterocycles. The highest BCUT2D eigenvalue weighted by Crippen LogP contribution is 2.30. The van der Waals surface area contributed by atoms with Crippen LogP contribution in [0.25, 0.3) is 0 Å². The van der Waals surface area contributed by atoms with Gasteiger partial charge in [-0.3, -0.25) is 9.52 Å². The van der Waals surface area contributed by atoms with Crippen molar-refractivity contribution in [2.75, 3.05) is 29.3 Å². The van der Waals surface area contributed by atoms with E-state index in [-0.39, 0.29) is 28.0 Å². The van der Waals surface area contributed by atoms with Gasteiger partial charge in [-0.25, -0.2) is 13.2 Å². The van der Waals surface area contributed by atoms with E-state index < -0.39 is 16.0 Å². The molecule has 32 heavy (non-hydrogen) atoms. The lowest BCUT2D eigenvalue weighted by Crippen LogP contribution is -2.40. The van der Waals surface area contributed by atoms with Crippen LogP contribution in [0.15, 0.2) is 47.4 Å². The number of aromatic carboxylic acids is 1. The zero-order chi connectivity index (χ0) is 23.3. The minimum atomic E-state index is -3.86. The molecule has 0 bridgehead atoms. The van der Waals surface area contributed by atoms with E-state index in [0.717, 1.165) is 18.4 Å². The molecule has 1 aliphatic rings. The summed E-state index contributed by atoms with van der Waals surface area (Å²) in [6.45, 7) is 4.98. The summed E-state index contributed by atoms with van der Waals surface area (Å²) in [5.41, 5.74) is 1.59. The van der Waals surface area contributed by atoms with E-state index in [9.17, 15) is 23.1 Å². The fourth-order valence-electron chi connectivity index (χ4n) is 3.81. The molecule has 1 aliphatic heterocycles. The predicted octanol–water partition coefficient (Wildman–Crippen LogP) is 3.53. The van der Waals surface area contributed by atoms with Crippen LogP contribution in [0.5, 0.6) is 0 Å². The fraction of sp³-hybridized carbons (Fsp3) is 0.391. The van der Waals surface area contributed by atoms with Crippen molar-refractivity contribution in [1.82, 2.24) is 0 Å². The quantitative estimate of drug-likeness (QED) is 0.580. The Labute approximate surface area is 188 Å². The maximum absolute atomic E-state index is 12.7. The normalized spacial score (nSPS) is 16.4. The van der Waals surface area contributed by atoms with Crippen molar-refractivity contribution < 1.29 is 27.9 Å². The standard InChI is InChI=1S/C23H28N2O6S/c1-3-16-7-10-19(11-8-16)32(29,30)24-18-9-12-21(20(14-18)22(26)27)25-13-5-6-17(15-25)23(28)31-4-2/h7-12,14,17,24H,3-6,13,15H2,1-2H3,(H,26,27). The van der Waals surface area contributed by atoms with E-state index in [1.54, 1.807) is 25.1 Å². The van der Waals surface area contributed by atoms with E-state index in [1.807, 2.05) is 11.8 Å². The van der Waals surface area contributed by atoms with Crippen molar-refractivity contribution in [2.45, 2.75) is 38.0 Å². The van der Waals surface area contributed by atoms with Crippen LogP contribution in [0.4, 0.5) is 11.4 Å². The van der Waals surface area contributed by atoms with Crippen LogP contribution < -0.4 is 9.62 Å². The number of ether oxygens (including phenoxy) is 1. The third kappa shape index (κ3) is 5.40. The minimum absolute atomic E-state index is 0.0314. The summed E-state index contributed by atoms with van der Waals surface area (Å²) in [6.07, 6.45) is 2.21. The number of carboxylic acid groups (broad SMARTS) is 1. The van der Waals surface area contributed by atoms with Crippen molar-refractivity contribution >= 4 is 33.3 Å². The molecule has 0 aromatic heterocycles. The number of nitrogens with one attached hydrogen (secondary N) is 1. The minimum Gasteiger partial charge on any atom is -0.478 e. The Morgan fingerprint density at radius 3 is 2.50 bits per heavy atom. The van der Waals surface area contributed by atoms with Crippen molar-refractivity contribution in [3.8, 4) is 0 Å². The number of esters is 1. The number of carbonyl (C=O) groups excluding carboxylic acids is 1. The Balaban J connectivity index is 1.84. The number of benzene rings is 2. The molecule has 1 saturated heterocycles. The molecule has 0 radical (unpaired) electrons. The lowest BCUT2D eigenvalue weighted by atomic mass is 9.97. The van der Waals surface area contributed by atoms with Crippen LogP contribution in [-0.2, 0) is 26.0 Å². The number of aryl methyl sites for hydroxylation is 1. The topological polar surface area (TPSA) is 113 Å². The third-order valence-corrected chi connectivity index (χ3v) is 6.90. The highest BCUT2D eigenvalue weighted by molar-refractivity contribution is 7.92. The van der Waals surface area contributed by atoms with Gasteiger partial charge in [0.05, 0.1) is 28.7 Å². The summed E-state index contributed by atoms with van der Waals surface area (Å²) in [6, 6.07) is 11.0. The number of carboxylic acids is 1. The van der Waals surface area contributed by atoms with Crippen molar-refractivity contribution in [3.05, 3.63) is 53.6 Å². The molecule has 2 aromatic rings. The lowest BCUT2D eigenvalue weighted by Gasteiger charge is -2.34. The van der Waals surface area contributed by atoms with Crippen molar-refractivity contribution in [1.29, 1.82) is 0 Å². The van der Waals surface area contributed by atoms with Crippen LogP contribution in [0, 0.1) is 5.92 Å². The number of carbonyl (C=O) groups is 2. The molecular formula is C23H28N2O6S. The highest BCUT2D eigenvalue weighted by atomic mass is 32.2. The fourth-order valence-corrected chi connectivity index (χ4v) is 4.86. The van der Waals surface area contributed by atoms with E-state index >= 15 is 0 Å². The van der Waals surface area contributed by atoms with Gasteiger partial charge in [0.15, 0.2) is 0 Å². The van der Waals surface area contributed by atoms with Gasteiger partial charge in [0.1, 0.15) is 0 Å². The Hall–Kier alpha value is -3.07. The molecular weight excluding hydrogens is 432 g/mol. The summed E-state index contributed by atoms with van der Waals surface area (Å²) < 4.78 is 33.0. The van der Waals surface area contributed by atoms with Gasteiger partial charge < -0.3 is 14.7 Å². The number of piperidine rings is 1. The first kappa shape index (κ1) is 23.6. The van der Waals surface area contributed by atoms with Gasteiger partial charge in [-0.05, 0) is 62.1 Å². The average molecular weight is 461 g/mol. The molecule has 9 heteroatoms. The predicted molar refractivity (Wildman–Crippen MR) is 122 cm³/mol. The smallest absolute Gasteiger partial charge is 0.337 e. The number of nitrogens with zero attached hydrogens (tertiary/aromatic N) is 1. The van der Waals surface area contributed by atoms with E-state index in [2.05, 4.69) is 4.72 Å². The summed E-state index contributed by atoms with van der Waals surface area (Å²) in [5.74, 6) is -1.78. The summed E-state index contributed by atoms with van der Waals surface area (Å²) >= 11 is 0. The number of hydrogen-bond acceptors (Lipinski definition) is 6. The molecule has 2 aromatic carbocycles. The second-order valence-corrected chi connectivity index (χ2v) is 9.36. The molecule has 2 N–H and O–H groups in total. The molecule has 0 amide bonds. The summed E-state index contributed by atoms with van der Waals surface area (Å²) in [7, 11) is -3.86. The first-order valence-electron chi connectivity index (χ1n) is 10.7. The first-order chi connectivity index (χ1) is 15.2. The molecule has 3 rings (SSSR count). The summed E-state index contributed by atoms with van der Waals surface area (Å²) in [4.78, 5) is 26.0. The molecule has 8 nitrogen and oxygen atoms in total. The largest absolute Gasteiger partial charge is 0.478 e. The molecule has 0 spiro atoms. The van der Waals surface area contributed by atoms with Crippen LogP contribution in [0.1, 0.15) is 42.6 Å². The molecule has 1 unspecified atom stereocenters. The summed E-state index contributed by atoms with van der Waals surface area (Å²) in [5, 5.41) is 9.76. The molecule has 172 valence electrons. The van der Waals surface area contributed by atoms with E-state index in [1.165, 1.54) is 24.3 Å². The SMILES string of the molecule is CCOC(=O)C1CCCN(c2ccc(NS(=O)(=O)c3ccc(CC)cc3)cc2C(=O)O)C1. The van der Waals surface area contributed by atoms with Crippen LogP contribution in [0.2, 0.25) is 0 Å². The maximum Gasteiger partial charge on any atom is 0.337 e. The lowest BCUT2D eigenvalue weighted by molar-refractivity contribution is -0.148. The maximum atomic E-state index is 12.7. The first-order valence-corrected chi connectivity index (χ1v) is 12.1. The van der Waals surface area contributed by atoms with Gasteiger partial charge in [-0.2, -0.15) is 0 Å². The molecule has 0 aliphatic carbocycles. The van der Waals surface area contributed by atoms with Crippen LogP contribution in [0.3, 0.4) is 0 Å². The van der Waals surface area contributed by atoms with Gasteiger partial charge in [-0.1, -0.05) is 19.1 Å². The van der Waals surface area contributed by atoms with E-state index in [4.69, 9.17) is 4.74 Å². The Bertz CT molecular complexity index is 1080. The second-order valence-electron chi connectivity index (χ2n) is 7.68. The number of sulfonamides is 1. The van der Waals surface area contributed by atoms with Crippen LogP contribution >= 0.6 is 0 Å². The van der Waals surface area contributed by atoms with Gasteiger partial charge >= 0.3 is 11.9 Å². The zero-order valence-electron chi connectivity index (χ0n) is 18.2. The van der Waals surface area contributed by atoms with Crippen molar-refractivity contribution in [2.24, 2.45) is 5.92 Å². The number of anilines is 2. The molecule has 0 saturated carbocycles. The highest BCUT2D eigenvalue weighted by Gasteiger charge is 2.29. The monoisotopic (exact) mass is 460 g/mol. The number of hydrogen-bond donors (Lipinski definition) is 2. The van der Waals surface area contributed by atoms with Gasteiger partial charge in [-0.15, -0.1) is 0 Å². The molecule has 1 fully saturated rings. The molecule has 1 atom stereocenters. The second kappa shape index (κ2) is 10.0. The van der Waals surface area contributed by atoms with Crippen LogP contribution in [-0.4, -0.2) is 45.2 Å². The van der Waals surface area contributed by atoms with Gasteiger partial charge in [0.2, 0.25) is 0 Å². The Morgan fingerprint density at radius 1 is 1.16 bits per heavy atom. The third-order valence-electron chi connectivity index (χ3n) is 5.50. The number of rotatable bonds is 8. The van der Waals surface area contributed by atoms with Gasteiger partial charge in [0, 0.05) is 18.8 Å². The Morgan fingerprint density at radius 2 is 1.88 bits per heavy atom.